The minimum Gasteiger partial charge on any atom is -0.339 e. The molecule has 0 saturated carbocycles. The standard InChI is InChI=1S/C24H35FN6OS/c1-4-28-14-16-30(17-15-28)23(32)19(3)33-24-27-26-22(18(2)29-12-6-5-7-13-29)31(24)21-10-8-20(25)9-11-21/h8-11,18-19H,4-7,12-17H2,1-3H3. The molecule has 1 aromatic heterocycles. The fourth-order valence-electron chi connectivity index (χ4n) is 4.68. The number of piperidine rings is 1. The van der Waals surface area contributed by atoms with Crippen molar-refractivity contribution in [1.82, 2.24) is 29.5 Å². The zero-order chi connectivity index (χ0) is 23.4. The molecule has 33 heavy (non-hydrogen) atoms. The molecule has 180 valence electrons. The van der Waals surface area contributed by atoms with Crippen molar-refractivity contribution in [2.24, 2.45) is 0 Å². The van der Waals surface area contributed by atoms with Gasteiger partial charge in [-0.3, -0.25) is 14.3 Å². The Morgan fingerprint density at radius 3 is 2.30 bits per heavy atom. The van der Waals surface area contributed by atoms with E-state index in [1.165, 1.54) is 43.2 Å². The van der Waals surface area contributed by atoms with Crippen molar-refractivity contribution in [3.05, 3.63) is 35.9 Å². The Morgan fingerprint density at radius 2 is 1.67 bits per heavy atom. The van der Waals surface area contributed by atoms with E-state index < -0.39 is 0 Å². The average molecular weight is 475 g/mol. The number of amides is 1. The third kappa shape index (κ3) is 5.58. The van der Waals surface area contributed by atoms with Crippen molar-refractivity contribution in [3.63, 3.8) is 0 Å². The molecule has 2 fully saturated rings. The van der Waals surface area contributed by atoms with Gasteiger partial charge in [-0.25, -0.2) is 4.39 Å². The van der Waals surface area contributed by atoms with Crippen LogP contribution in [0.25, 0.3) is 5.69 Å². The molecule has 3 heterocycles. The Balaban J connectivity index is 1.56. The smallest absolute Gasteiger partial charge is 0.235 e. The number of piperazine rings is 1. The molecule has 0 aliphatic carbocycles. The number of rotatable bonds is 7. The van der Waals surface area contributed by atoms with E-state index >= 15 is 0 Å². The first-order valence-corrected chi connectivity index (χ1v) is 13.0. The van der Waals surface area contributed by atoms with Crippen LogP contribution in [0.5, 0.6) is 0 Å². The lowest BCUT2D eigenvalue weighted by atomic mass is 10.1. The molecule has 0 radical (unpaired) electrons. The van der Waals surface area contributed by atoms with Crippen LogP contribution in [0.3, 0.4) is 0 Å². The van der Waals surface area contributed by atoms with Crippen LogP contribution in [0.1, 0.15) is 51.9 Å². The summed E-state index contributed by atoms with van der Waals surface area (Å²) in [7, 11) is 0. The second kappa shape index (κ2) is 11.0. The van der Waals surface area contributed by atoms with Crippen LogP contribution in [0, 0.1) is 5.82 Å². The molecule has 2 atom stereocenters. The first kappa shape index (κ1) is 24.2. The summed E-state index contributed by atoms with van der Waals surface area (Å²) in [5.41, 5.74) is 0.818. The predicted molar refractivity (Wildman–Crippen MR) is 129 cm³/mol. The van der Waals surface area contributed by atoms with E-state index in [2.05, 4.69) is 33.8 Å². The maximum Gasteiger partial charge on any atom is 0.235 e. The van der Waals surface area contributed by atoms with E-state index in [0.29, 0.717) is 5.16 Å². The maximum atomic E-state index is 13.6. The molecule has 2 unspecified atom stereocenters. The highest BCUT2D eigenvalue weighted by Crippen LogP contribution is 2.31. The highest BCUT2D eigenvalue weighted by Gasteiger charge is 2.29. The fourth-order valence-corrected chi connectivity index (χ4v) is 5.64. The van der Waals surface area contributed by atoms with Gasteiger partial charge in [0.05, 0.1) is 11.3 Å². The van der Waals surface area contributed by atoms with Crippen molar-refractivity contribution in [1.29, 1.82) is 0 Å². The summed E-state index contributed by atoms with van der Waals surface area (Å²) in [4.78, 5) is 19.9. The summed E-state index contributed by atoms with van der Waals surface area (Å²) in [5, 5.41) is 9.46. The Bertz CT molecular complexity index is 922. The molecule has 4 rings (SSSR count). The maximum absolute atomic E-state index is 13.6. The van der Waals surface area contributed by atoms with Gasteiger partial charge >= 0.3 is 0 Å². The van der Waals surface area contributed by atoms with Gasteiger partial charge in [-0.15, -0.1) is 10.2 Å². The minimum absolute atomic E-state index is 0.0883. The topological polar surface area (TPSA) is 57.5 Å². The second-order valence-electron chi connectivity index (χ2n) is 8.94. The molecule has 1 aromatic carbocycles. The zero-order valence-corrected chi connectivity index (χ0v) is 20.7. The molecule has 1 amide bonds. The number of carbonyl (C=O) groups is 1. The van der Waals surface area contributed by atoms with Crippen LogP contribution in [0.4, 0.5) is 4.39 Å². The van der Waals surface area contributed by atoms with Gasteiger partial charge in [0.15, 0.2) is 11.0 Å². The third-order valence-corrected chi connectivity index (χ3v) is 7.85. The van der Waals surface area contributed by atoms with Gasteiger partial charge in [-0.05, 0) is 70.6 Å². The predicted octanol–water partition coefficient (Wildman–Crippen LogP) is 3.60. The molecular weight excluding hydrogens is 439 g/mol. The lowest BCUT2D eigenvalue weighted by Gasteiger charge is -2.35. The average Bonchev–Trinajstić information content (AvgIpc) is 3.27. The molecule has 2 aromatic rings. The van der Waals surface area contributed by atoms with Crippen molar-refractivity contribution in [2.75, 3.05) is 45.8 Å². The summed E-state index contributed by atoms with van der Waals surface area (Å²) in [6.07, 6.45) is 3.64. The zero-order valence-electron chi connectivity index (χ0n) is 19.9. The molecular formula is C24H35FN6OS. The SMILES string of the molecule is CCN1CCN(C(=O)C(C)Sc2nnc(C(C)N3CCCCC3)n2-c2ccc(F)cc2)CC1. The van der Waals surface area contributed by atoms with Crippen molar-refractivity contribution < 1.29 is 9.18 Å². The van der Waals surface area contributed by atoms with Crippen LogP contribution in [-0.4, -0.2) is 86.4 Å². The number of likely N-dealkylation sites (N-methyl/N-ethyl adjacent to an activating group) is 1. The van der Waals surface area contributed by atoms with E-state index in [4.69, 9.17) is 0 Å². The quantitative estimate of drug-likeness (QED) is 0.572. The van der Waals surface area contributed by atoms with Crippen molar-refractivity contribution >= 4 is 17.7 Å². The number of benzene rings is 1. The van der Waals surface area contributed by atoms with Gasteiger partial charge in [0.2, 0.25) is 5.91 Å². The molecule has 9 heteroatoms. The van der Waals surface area contributed by atoms with Gasteiger partial charge in [-0.2, -0.15) is 0 Å². The van der Waals surface area contributed by atoms with Crippen molar-refractivity contribution in [2.45, 2.75) is 56.5 Å². The number of nitrogens with zero attached hydrogens (tertiary/aromatic N) is 6. The monoisotopic (exact) mass is 474 g/mol. The van der Waals surface area contributed by atoms with Crippen LogP contribution in [-0.2, 0) is 4.79 Å². The molecule has 0 spiro atoms. The third-order valence-electron chi connectivity index (χ3n) is 6.82. The number of hydrogen-bond donors (Lipinski definition) is 0. The Labute approximate surface area is 200 Å². The molecule has 7 nitrogen and oxygen atoms in total. The number of likely N-dealkylation sites (tertiary alicyclic amines) is 1. The second-order valence-corrected chi connectivity index (χ2v) is 10.3. The van der Waals surface area contributed by atoms with Gasteiger partial charge in [0.25, 0.3) is 0 Å². The van der Waals surface area contributed by atoms with E-state index in [1.807, 2.05) is 16.4 Å². The first-order valence-electron chi connectivity index (χ1n) is 12.1. The lowest BCUT2D eigenvalue weighted by Crippen LogP contribution is -2.50. The largest absolute Gasteiger partial charge is 0.339 e. The highest BCUT2D eigenvalue weighted by molar-refractivity contribution is 8.00. The van der Waals surface area contributed by atoms with Gasteiger partial charge in [0.1, 0.15) is 5.82 Å². The molecule has 0 bridgehead atoms. The van der Waals surface area contributed by atoms with Crippen LogP contribution < -0.4 is 0 Å². The summed E-state index contributed by atoms with van der Waals surface area (Å²) in [5.74, 6) is 0.693. The fraction of sp³-hybridized carbons (Fsp3) is 0.625. The van der Waals surface area contributed by atoms with E-state index in [-0.39, 0.29) is 23.0 Å². The molecule has 2 aliphatic heterocycles. The normalized spacial score (nSPS) is 20.1. The summed E-state index contributed by atoms with van der Waals surface area (Å²) in [6.45, 7) is 12.7. The Kier molecular flexibility index (Phi) is 8.03. The van der Waals surface area contributed by atoms with Crippen LogP contribution in [0.15, 0.2) is 29.4 Å². The number of aromatic nitrogens is 3. The summed E-state index contributed by atoms with van der Waals surface area (Å²) in [6, 6.07) is 6.52. The van der Waals surface area contributed by atoms with Crippen LogP contribution >= 0.6 is 11.8 Å². The van der Waals surface area contributed by atoms with Crippen LogP contribution in [0.2, 0.25) is 0 Å². The van der Waals surface area contributed by atoms with Crippen molar-refractivity contribution in [3.8, 4) is 5.69 Å². The van der Waals surface area contributed by atoms with E-state index in [0.717, 1.165) is 57.3 Å². The van der Waals surface area contributed by atoms with Gasteiger partial charge in [0, 0.05) is 31.9 Å². The highest BCUT2D eigenvalue weighted by atomic mass is 32.2. The number of hydrogen-bond acceptors (Lipinski definition) is 6. The molecule has 2 saturated heterocycles. The van der Waals surface area contributed by atoms with Gasteiger partial charge < -0.3 is 9.80 Å². The molecule has 2 aliphatic rings. The summed E-state index contributed by atoms with van der Waals surface area (Å²) < 4.78 is 15.6. The first-order chi connectivity index (χ1) is 16.0. The van der Waals surface area contributed by atoms with E-state index in [9.17, 15) is 9.18 Å². The Hall–Kier alpha value is -1.97. The number of halogens is 1. The molecule has 0 N–H and O–H groups in total. The number of carbonyl (C=O) groups excluding carboxylic acids is 1. The van der Waals surface area contributed by atoms with Gasteiger partial charge in [-0.1, -0.05) is 25.1 Å². The number of thioether (sulfide) groups is 1. The lowest BCUT2D eigenvalue weighted by molar-refractivity contribution is -0.132. The summed E-state index contributed by atoms with van der Waals surface area (Å²) >= 11 is 1.43. The van der Waals surface area contributed by atoms with E-state index in [1.54, 1.807) is 12.1 Å². The minimum atomic E-state index is -0.278. The Morgan fingerprint density at radius 1 is 1.00 bits per heavy atom.